The molecule has 0 aliphatic heterocycles. The van der Waals surface area contributed by atoms with Gasteiger partial charge >= 0.3 is 18.0 Å². The predicted octanol–water partition coefficient (Wildman–Crippen LogP) is 3.04. The molecule has 0 spiro atoms. The highest BCUT2D eigenvalue weighted by Crippen LogP contribution is 2.48. The van der Waals surface area contributed by atoms with Crippen LogP contribution in [0.4, 0.5) is 32.0 Å². The lowest BCUT2D eigenvalue weighted by atomic mass is 10.0. The molecule has 0 amide bonds. The molecule has 1 rings (SSSR count). The van der Waals surface area contributed by atoms with E-state index in [9.17, 15) is 26.3 Å². The fraction of sp³-hybridized carbons (Fsp3) is 0.400. The van der Waals surface area contributed by atoms with Crippen molar-refractivity contribution in [2.75, 3.05) is 12.4 Å². The average molecular weight is 273 g/mol. The number of hydrogen-bond acceptors (Lipinski definition) is 2. The number of hydrogen-bond donors (Lipinski definition) is 2. The fourth-order valence-electron chi connectivity index (χ4n) is 1.22. The third-order valence-electron chi connectivity index (χ3n) is 2.33. The van der Waals surface area contributed by atoms with Gasteiger partial charge in [-0.05, 0) is 12.1 Å². The van der Waals surface area contributed by atoms with Gasteiger partial charge in [0.25, 0.3) is 0 Å². The van der Waals surface area contributed by atoms with Crippen LogP contribution in [0.5, 0.6) is 0 Å². The molecular weight excluding hydrogens is 264 g/mol. The molecule has 102 valence electrons. The first-order valence-corrected chi connectivity index (χ1v) is 4.68. The summed E-state index contributed by atoms with van der Waals surface area (Å²) < 4.78 is 75.6. The molecule has 1 aromatic carbocycles. The Labute approximate surface area is 98.2 Å². The van der Waals surface area contributed by atoms with E-state index in [4.69, 9.17) is 5.11 Å². The average Bonchev–Trinajstić information content (AvgIpc) is 2.27. The van der Waals surface area contributed by atoms with E-state index in [0.29, 0.717) is 17.8 Å². The molecule has 0 saturated carbocycles. The van der Waals surface area contributed by atoms with Crippen molar-refractivity contribution in [1.82, 2.24) is 0 Å². The molecular formula is C10H9F6NO. The van der Waals surface area contributed by atoms with Gasteiger partial charge in [0, 0.05) is 18.3 Å². The molecule has 1 unspecified atom stereocenters. The zero-order valence-electron chi connectivity index (χ0n) is 9.02. The van der Waals surface area contributed by atoms with Crippen LogP contribution in [0.1, 0.15) is 5.56 Å². The zero-order chi connectivity index (χ0) is 14.2. The molecule has 8 heteroatoms. The second kappa shape index (κ2) is 4.34. The predicted molar refractivity (Wildman–Crippen MR) is 52.0 cm³/mol. The molecule has 0 heterocycles. The Morgan fingerprint density at radius 2 is 1.39 bits per heavy atom. The summed E-state index contributed by atoms with van der Waals surface area (Å²) in [6.07, 6.45) is -6.10. The first-order valence-electron chi connectivity index (χ1n) is 4.68. The lowest BCUT2D eigenvalue weighted by molar-refractivity contribution is -0.390. The second-order valence-corrected chi connectivity index (χ2v) is 3.52. The highest BCUT2D eigenvalue weighted by molar-refractivity contribution is 5.45. The highest BCUT2D eigenvalue weighted by Gasteiger charge is 2.71. The van der Waals surface area contributed by atoms with Crippen molar-refractivity contribution in [3.63, 3.8) is 0 Å². The summed E-state index contributed by atoms with van der Waals surface area (Å²) in [6, 6.07) is 3.27. The van der Waals surface area contributed by atoms with Crippen molar-refractivity contribution in [1.29, 1.82) is 0 Å². The van der Waals surface area contributed by atoms with Gasteiger partial charge in [0.2, 0.25) is 0 Å². The van der Waals surface area contributed by atoms with Crippen molar-refractivity contribution in [2.45, 2.75) is 18.0 Å². The fourth-order valence-corrected chi connectivity index (χ4v) is 1.22. The standard InChI is InChI=1S/C10H9F6NO/c1-17-7-4-2-6(3-5-7)8(11,12)9(13,18)10(14,15)16/h2-5,17-18H,1H3. The van der Waals surface area contributed by atoms with E-state index < -0.39 is 23.5 Å². The number of nitrogens with one attached hydrogen (secondary N) is 1. The smallest absolute Gasteiger partial charge is 0.388 e. The van der Waals surface area contributed by atoms with Gasteiger partial charge in [-0.2, -0.15) is 26.3 Å². The summed E-state index contributed by atoms with van der Waals surface area (Å²) in [5, 5.41) is 11.0. The van der Waals surface area contributed by atoms with Crippen LogP contribution in [0, 0.1) is 0 Å². The lowest BCUT2D eigenvalue weighted by Gasteiger charge is -2.30. The van der Waals surface area contributed by atoms with Crippen LogP contribution >= 0.6 is 0 Å². The maximum atomic E-state index is 13.3. The quantitative estimate of drug-likeness (QED) is 0.830. The minimum atomic E-state index is -6.10. The molecule has 2 N–H and O–H groups in total. The van der Waals surface area contributed by atoms with Crippen molar-refractivity contribution < 1.29 is 31.4 Å². The molecule has 0 radical (unpaired) electrons. The van der Waals surface area contributed by atoms with Crippen molar-refractivity contribution in [3.05, 3.63) is 29.8 Å². The van der Waals surface area contributed by atoms with Gasteiger partial charge in [0.15, 0.2) is 0 Å². The lowest BCUT2D eigenvalue weighted by Crippen LogP contribution is -2.53. The summed E-state index contributed by atoms with van der Waals surface area (Å²) >= 11 is 0. The van der Waals surface area contributed by atoms with Gasteiger partial charge in [-0.15, -0.1) is 0 Å². The highest BCUT2D eigenvalue weighted by atomic mass is 19.4. The van der Waals surface area contributed by atoms with Gasteiger partial charge in [-0.3, -0.25) is 0 Å². The van der Waals surface area contributed by atoms with Crippen LogP contribution in [0.2, 0.25) is 0 Å². The molecule has 2 nitrogen and oxygen atoms in total. The summed E-state index contributed by atoms with van der Waals surface area (Å²) in [5.74, 6) is -10.7. The number of benzene rings is 1. The maximum absolute atomic E-state index is 13.3. The molecule has 18 heavy (non-hydrogen) atoms. The van der Waals surface area contributed by atoms with E-state index in [1.165, 1.54) is 7.05 Å². The molecule has 0 aliphatic rings. The molecule has 1 atom stereocenters. The van der Waals surface area contributed by atoms with Gasteiger partial charge < -0.3 is 10.4 Å². The topological polar surface area (TPSA) is 32.3 Å². The Morgan fingerprint density at radius 3 is 1.72 bits per heavy atom. The molecule has 1 aromatic rings. The number of rotatable bonds is 3. The maximum Gasteiger partial charge on any atom is 0.455 e. The minimum absolute atomic E-state index is 0.351. The first kappa shape index (κ1) is 14.6. The number of anilines is 1. The minimum Gasteiger partial charge on any atom is -0.388 e. The van der Waals surface area contributed by atoms with Crippen molar-refractivity contribution in [2.24, 2.45) is 0 Å². The van der Waals surface area contributed by atoms with E-state index in [-0.39, 0.29) is 0 Å². The van der Waals surface area contributed by atoms with Crippen molar-refractivity contribution >= 4 is 5.69 Å². The molecule has 0 saturated heterocycles. The van der Waals surface area contributed by atoms with E-state index in [1.54, 1.807) is 0 Å². The summed E-state index contributed by atoms with van der Waals surface area (Å²) in [7, 11) is 1.47. The van der Waals surface area contributed by atoms with Gasteiger partial charge in [-0.25, -0.2) is 0 Å². The van der Waals surface area contributed by atoms with Crippen molar-refractivity contribution in [3.8, 4) is 0 Å². The Kier molecular flexibility index (Phi) is 3.53. The van der Waals surface area contributed by atoms with E-state index in [0.717, 1.165) is 12.1 Å². The SMILES string of the molecule is CNc1ccc(C(F)(F)C(O)(F)C(F)(F)F)cc1. The van der Waals surface area contributed by atoms with Gasteiger partial charge in [0.1, 0.15) is 0 Å². The van der Waals surface area contributed by atoms with Crippen LogP contribution in [-0.2, 0) is 5.92 Å². The molecule has 0 fully saturated rings. The summed E-state index contributed by atoms with van der Waals surface area (Å²) in [6.45, 7) is 0. The Hall–Kier alpha value is -1.44. The van der Waals surface area contributed by atoms with Crippen LogP contribution in [0.25, 0.3) is 0 Å². The first-order chi connectivity index (χ1) is 8.04. The monoisotopic (exact) mass is 273 g/mol. The van der Waals surface area contributed by atoms with Gasteiger partial charge in [-0.1, -0.05) is 12.1 Å². The summed E-state index contributed by atoms with van der Waals surface area (Å²) in [4.78, 5) is 0. The van der Waals surface area contributed by atoms with E-state index in [2.05, 4.69) is 5.32 Å². The second-order valence-electron chi connectivity index (χ2n) is 3.52. The van der Waals surface area contributed by atoms with Crippen LogP contribution < -0.4 is 5.32 Å². The molecule has 0 aliphatic carbocycles. The van der Waals surface area contributed by atoms with E-state index in [1.807, 2.05) is 0 Å². The van der Waals surface area contributed by atoms with Gasteiger partial charge in [0.05, 0.1) is 0 Å². The summed E-state index contributed by atoms with van der Waals surface area (Å²) in [5.41, 5.74) is -0.923. The van der Waals surface area contributed by atoms with E-state index >= 15 is 0 Å². The number of alkyl halides is 6. The Morgan fingerprint density at radius 1 is 0.944 bits per heavy atom. The molecule has 0 aromatic heterocycles. The third kappa shape index (κ3) is 2.24. The zero-order valence-corrected chi connectivity index (χ0v) is 9.02. The Bertz CT molecular complexity index is 411. The number of aliphatic hydroxyl groups is 1. The Balaban J connectivity index is 3.19. The number of halogens is 6. The van der Waals surface area contributed by atoms with Crippen LogP contribution in [0.15, 0.2) is 24.3 Å². The molecule has 0 bridgehead atoms. The van der Waals surface area contributed by atoms with Crippen LogP contribution in [-0.4, -0.2) is 24.2 Å². The third-order valence-corrected chi connectivity index (χ3v) is 2.33. The largest absolute Gasteiger partial charge is 0.455 e. The normalized spacial score (nSPS) is 16.2. The van der Waals surface area contributed by atoms with Crippen LogP contribution in [0.3, 0.4) is 0 Å².